The summed E-state index contributed by atoms with van der Waals surface area (Å²) in [6.45, 7) is 5.61. The Morgan fingerprint density at radius 3 is 2.73 bits per heavy atom. The molecule has 0 atom stereocenters. The topological polar surface area (TPSA) is 126 Å². The number of rotatable bonds is 8. The lowest BCUT2D eigenvalue weighted by Crippen LogP contribution is -2.19. The predicted octanol–water partition coefficient (Wildman–Crippen LogP) is 3.27. The van der Waals surface area contributed by atoms with Gasteiger partial charge in [0.2, 0.25) is 10.0 Å². The van der Waals surface area contributed by atoms with Crippen molar-refractivity contribution in [3.05, 3.63) is 53.0 Å². The van der Waals surface area contributed by atoms with E-state index >= 15 is 0 Å². The van der Waals surface area contributed by atoms with Crippen molar-refractivity contribution < 1.29 is 27.1 Å². The summed E-state index contributed by atoms with van der Waals surface area (Å²) in [6, 6.07) is 11.6. The summed E-state index contributed by atoms with van der Waals surface area (Å²) in [7, 11) is -3.86. The first-order chi connectivity index (χ1) is 15.8. The third-order valence-corrected chi connectivity index (χ3v) is 6.81. The Bertz CT molecular complexity index is 1500. The van der Waals surface area contributed by atoms with Gasteiger partial charge in [-0.05, 0) is 44.2 Å². The zero-order valence-corrected chi connectivity index (χ0v) is 19.7. The first-order valence-electron chi connectivity index (χ1n) is 10.3. The molecule has 0 radical (unpaired) electrons. The lowest BCUT2D eigenvalue weighted by molar-refractivity contribution is 0.0972. The summed E-state index contributed by atoms with van der Waals surface area (Å²) in [5.41, 5.74) is 1.21. The summed E-state index contributed by atoms with van der Waals surface area (Å²) in [5.74, 6) is 0.0754. The van der Waals surface area contributed by atoms with E-state index in [1.807, 2.05) is 30.5 Å². The lowest BCUT2D eigenvalue weighted by atomic mass is 10.2. The molecule has 0 bridgehead atoms. The van der Waals surface area contributed by atoms with Crippen LogP contribution >= 0.6 is 11.3 Å². The number of carbonyl (C=O) groups excluding carboxylic acids is 1. The summed E-state index contributed by atoms with van der Waals surface area (Å²) < 4.78 is 42.8. The van der Waals surface area contributed by atoms with Crippen molar-refractivity contribution in [1.29, 1.82) is 0 Å². The van der Waals surface area contributed by atoms with E-state index < -0.39 is 15.9 Å². The number of thiazole rings is 1. The van der Waals surface area contributed by atoms with Gasteiger partial charge in [0.05, 0.1) is 28.3 Å². The molecule has 2 aromatic heterocycles. The second kappa shape index (κ2) is 9.48. The van der Waals surface area contributed by atoms with E-state index in [1.165, 1.54) is 23.5 Å². The van der Waals surface area contributed by atoms with E-state index in [0.29, 0.717) is 47.2 Å². The van der Waals surface area contributed by atoms with Gasteiger partial charge in [-0.25, -0.2) is 13.6 Å². The number of carbonyl (C=O) groups is 1. The van der Waals surface area contributed by atoms with Crippen LogP contribution in [0.4, 0.5) is 0 Å². The zero-order chi connectivity index (χ0) is 23.6. The van der Waals surface area contributed by atoms with Gasteiger partial charge in [0, 0.05) is 18.5 Å². The summed E-state index contributed by atoms with van der Waals surface area (Å²) in [5, 5.41) is 6.00. The quantitative estimate of drug-likeness (QED) is 0.379. The van der Waals surface area contributed by atoms with Gasteiger partial charge in [0.15, 0.2) is 21.9 Å². The number of nitrogens with two attached hydrogens (primary N) is 1. The number of aromatic nitrogens is 1. The van der Waals surface area contributed by atoms with Crippen LogP contribution < -0.4 is 14.7 Å². The number of nitrogens with zero attached hydrogens (tertiary/aromatic N) is 2. The SMILES string of the molecule is CCOCCn1c(=NC(=O)c2cc3cccc(OCC)c3o2)sc2cc(S(N)(=O)=O)ccc21. The fraction of sp³-hybridized carbons (Fsp3) is 0.273. The highest BCUT2D eigenvalue weighted by Gasteiger charge is 2.17. The monoisotopic (exact) mass is 489 g/mol. The van der Waals surface area contributed by atoms with Crippen LogP contribution in [0.15, 0.2) is 56.8 Å². The van der Waals surface area contributed by atoms with E-state index in [0.717, 1.165) is 10.9 Å². The molecule has 0 unspecified atom stereocenters. The molecule has 0 spiro atoms. The number of amides is 1. The maximum atomic E-state index is 13.0. The average Bonchev–Trinajstić information content (AvgIpc) is 3.35. The molecule has 33 heavy (non-hydrogen) atoms. The molecule has 4 aromatic rings. The van der Waals surface area contributed by atoms with Gasteiger partial charge in [0.25, 0.3) is 0 Å². The van der Waals surface area contributed by atoms with Crippen molar-refractivity contribution in [2.24, 2.45) is 10.1 Å². The molecular weight excluding hydrogens is 466 g/mol. The molecule has 1 amide bonds. The molecule has 0 aliphatic carbocycles. The van der Waals surface area contributed by atoms with Gasteiger partial charge in [-0.3, -0.25) is 4.79 Å². The number of ether oxygens (including phenoxy) is 2. The van der Waals surface area contributed by atoms with Gasteiger partial charge in [0.1, 0.15) is 0 Å². The fourth-order valence-electron chi connectivity index (χ4n) is 3.38. The van der Waals surface area contributed by atoms with Crippen molar-refractivity contribution >= 4 is 48.5 Å². The molecule has 11 heteroatoms. The standard InChI is InChI=1S/C22H23N3O6S2/c1-3-29-11-10-25-16-9-8-15(33(23,27)28)13-19(16)32-22(25)24-21(26)18-12-14-6-5-7-17(30-4-2)20(14)31-18/h5-9,12-13H,3-4,10-11H2,1-2H3,(H2,23,27,28). The largest absolute Gasteiger partial charge is 0.490 e. The van der Waals surface area contributed by atoms with E-state index in [2.05, 4.69) is 4.99 Å². The van der Waals surface area contributed by atoms with Crippen LogP contribution in [0.1, 0.15) is 24.4 Å². The molecule has 2 N–H and O–H groups in total. The Morgan fingerprint density at radius 1 is 1.18 bits per heavy atom. The Kier molecular flexibility index (Phi) is 6.66. The molecule has 0 aliphatic rings. The molecule has 0 saturated carbocycles. The highest BCUT2D eigenvalue weighted by Crippen LogP contribution is 2.29. The third kappa shape index (κ3) is 4.86. The van der Waals surface area contributed by atoms with E-state index in [1.54, 1.807) is 18.2 Å². The number of fused-ring (bicyclic) bond motifs is 2. The van der Waals surface area contributed by atoms with Crippen LogP contribution in [-0.2, 0) is 21.3 Å². The first-order valence-corrected chi connectivity index (χ1v) is 12.7. The van der Waals surface area contributed by atoms with Crippen molar-refractivity contribution in [1.82, 2.24) is 4.57 Å². The van der Waals surface area contributed by atoms with Gasteiger partial charge in [-0.15, -0.1) is 0 Å². The van der Waals surface area contributed by atoms with Gasteiger partial charge < -0.3 is 18.5 Å². The van der Waals surface area contributed by atoms with Crippen LogP contribution in [-0.4, -0.2) is 38.7 Å². The van der Waals surface area contributed by atoms with E-state index in [-0.39, 0.29) is 10.7 Å². The second-order valence-electron chi connectivity index (χ2n) is 7.04. The van der Waals surface area contributed by atoms with Crippen LogP contribution in [0, 0.1) is 0 Å². The number of sulfonamides is 1. The molecule has 9 nitrogen and oxygen atoms in total. The minimum atomic E-state index is -3.86. The lowest BCUT2D eigenvalue weighted by Gasteiger charge is -2.05. The zero-order valence-electron chi connectivity index (χ0n) is 18.1. The van der Waals surface area contributed by atoms with Crippen LogP contribution in [0.5, 0.6) is 5.75 Å². The Labute approximate surface area is 194 Å². The number of benzene rings is 2. The third-order valence-electron chi connectivity index (χ3n) is 4.86. The van der Waals surface area contributed by atoms with Gasteiger partial charge in [-0.2, -0.15) is 4.99 Å². The molecular formula is C22H23N3O6S2. The van der Waals surface area contributed by atoms with Crippen molar-refractivity contribution in [2.75, 3.05) is 19.8 Å². The number of hydrogen-bond donors (Lipinski definition) is 1. The average molecular weight is 490 g/mol. The summed E-state index contributed by atoms with van der Waals surface area (Å²) >= 11 is 1.19. The minimum absolute atomic E-state index is 0.00757. The number of furan rings is 1. The first kappa shape index (κ1) is 23.2. The van der Waals surface area contributed by atoms with Crippen LogP contribution in [0.3, 0.4) is 0 Å². The maximum Gasteiger partial charge on any atom is 0.315 e. The number of primary sulfonamides is 1. The summed E-state index contributed by atoms with van der Waals surface area (Å²) in [6.07, 6.45) is 0. The van der Waals surface area contributed by atoms with E-state index in [9.17, 15) is 13.2 Å². The predicted molar refractivity (Wildman–Crippen MR) is 125 cm³/mol. The highest BCUT2D eigenvalue weighted by atomic mass is 32.2. The van der Waals surface area contributed by atoms with Crippen molar-refractivity contribution in [3.63, 3.8) is 0 Å². The second-order valence-corrected chi connectivity index (χ2v) is 9.61. The van der Waals surface area contributed by atoms with E-state index in [4.69, 9.17) is 19.0 Å². The maximum absolute atomic E-state index is 13.0. The minimum Gasteiger partial charge on any atom is -0.490 e. The van der Waals surface area contributed by atoms with Crippen molar-refractivity contribution in [2.45, 2.75) is 25.3 Å². The Balaban J connectivity index is 1.80. The van der Waals surface area contributed by atoms with Gasteiger partial charge in [-0.1, -0.05) is 23.5 Å². The molecule has 0 aliphatic heterocycles. The molecule has 174 valence electrons. The van der Waals surface area contributed by atoms with Crippen LogP contribution in [0.2, 0.25) is 0 Å². The summed E-state index contributed by atoms with van der Waals surface area (Å²) in [4.78, 5) is 17.7. The number of para-hydroxylation sites is 1. The molecule has 0 fully saturated rings. The molecule has 0 saturated heterocycles. The Morgan fingerprint density at radius 2 is 2.00 bits per heavy atom. The molecule has 2 heterocycles. The normalized spacial score (nSPS) is 12.6. The Hall–Kier alpha value is -2.99. The van der Waals surface area contributed by atoms with Gasteiger partial charge >= 0.3 is 5.91 Å². The van der Waals surface area contributed by atoms with Crippen LogP contribution in [0.25, 0.3) is 21.2 Å². The molecule has 2 aromatic carbocycles. The molecule has 4 rings (SSSR count). The smallest absolute Gasteiger partial charge is 0.315 e. The van der Waals surface area contributed by atoms with Crippen molar-refractivity contribution in [3.8, 4) is 5.75 Å². The number of hydrogen-bond acceptors (Lipinski definition) is 7. The highest BCUT2D eigenvalue weighted by molar-refractivity contribution is 7.89. The fourth-order valence-corrected chi connectivity index (χ4v) is 5.09.